The Morgan fingerprint density at radius 3 is 1.86 bits per heavy atom. The van der Waals surface area contributed by atoms with Crippen molar-refractivity contribution in [3.05, 3.63) is 60.8 Å². The van der Waals surface area contributed by atoms with E-state index in [-0.39, 0.29) is 42.7 Å². The van der Waals surface area contributed by atoms with Crippen LogP contribution >= 0.6 is 0 Å². The minimum absolute atomic E-state index is 0.0360. The van der Waals surface area contributed by atoms with Crippen LogP contribution < -0.4 is 0 Å². The molecule has 0 aliphatic rings. The second kappa shape index (κ2) is 27.6. The van der Waals surface area contributed by atoms with Crippen molar-refractivity contribution >= 4 is 17.9 Å². The van der Waals surface area contributed by atoms with Gasteiger partial charge >= 0.3 is 17.9 Å². The third kappa shape index (κ3) is 25.5. The zero-order chi connectivity index (χ0) is 32.9. The van der Waals surface area contributed by atoms with Crippen LogP contribution in [0, 0.1) is 0 Å². The second-order valence-electron chi connectivity index (χ2n) is 11.8. The summed E-state index contributed by atoms with van der Waals surface area (Å²) in [7, 11) is 5.47. The van der Waals surface area contributed by atoms with Crippen molar-refractivity contribution in [3.63, 3.8) is 0 Å². The van der Waals surface area contributed by atoms with Crippen LogP contribution in [-0.2, 0) is 28.6 Å². The molecule has 0 bridgehead atoms. The summed E-state index contributed by atoms with van der Waals surface area (Å²) in [6.07, 6.45) is 30.1. The average Bonchev–Trinajstić information content (AvgIpc) is 2.96. The van der Waals surface area contributed by atoms with Gasteiger partial charge in [0, 0.05) is 19.3 Å². The quantitative estimate of drug-likeness (QED) is 0.0440. The van der Waals surface area contributed by atoms with Gasteiger partial charge in [0.1, 0.15) is 6.61 Å². The first kappa shape index (κ1) is 41.0. The number of carbonyl (C=O) groups excluding carboxylic acids is 2. The van der Waals surface area contributed by atoms with Gasteiger partial charge in [-0.25, -0.2) is 4.79 Å². The molecular weight excluding hydrogens is 558 g/mol. The highest BCUT2D eigenvalue weighted by Crippen LogP contribution is 2.11. The summed E-state index contributed by atoms with van der Waals surface area (Å²) in [5.74, 6) is -1.58. The second-order valence-corrected chi connectivity index (χ2v) is 11.8. The smallest absolute Gasteiger partial charge is 0.362 e. The van der Waals surface area contributed by atoms with Crippen LogP contribution in [-0.4, -0.2) is 80.6 Å². The van der Waals surface area contributed by atoms with E-state index in [0.29, 0.717) is 19.3 Å². The Kier molecular flexibility index (Phi) is 25.7. The maximum Gasteiger partial charge on any atom is 0.362 e. The fraction of sp³-hybridized carbons (Fsp3) is 0.639. The normalized spacial score (nSPS) is 13.9. The summed E-state index contributed by atoms with van der Waals surface area (Å²) in [5.41, 5.74) is 0. The number of ether oxygens (including phenoxy) is 3. The SMILES string of the molecule is CC/C=C/C=C/C=C/C=C/C=C/CCCC(=O)OCC(COCCC(C(=O)O)[N+](C)(C)C)OC(=O)CCCCCCCCC. The zero-order valence-electron chi connectivity index (χ0n) is 28.1. The number of quaternary nitrogens is 1. The molecule has 0 heterocycles. The molecule has 0 radical (unpaired) electrons. The van der Waals surface area contributed by atoms with E-state index >= 15 is 0 Å². The summed E-state index contributed by atoms with van der Waals surface area (Å²) < 4.78 is 17.0. The summed E-state index contributed by atoms with van der Waals surface area (Å²) in [6, 6.07) is -0.623. The molecule has 0 spiro atoms. The summed E-state index contributed by atoms with van der Waals surface area (Å²) in [4.78, 5) is 36.4. The fourth-order valence-electron chi connectivity index (χ4n) is 4.24. The number of unbranched alkanes of at least 4 members (excludes halogenated alkanes) is 7. The molecule has 0 aromatic rings. The average molecular weight is 619 g/mol. The number of esters is 2. The van der Waals surface area contributed by atoms with Gasteiger partial charge in [0.25, 0.3) is 0 Å². The molecule has 0 saturated heterocycles. The molecule has 8 nitrogen and oxygen atoms in total. The predicted molar refractivity (Wildman–Crippen MR) is 178 cm³/mol. The first-order valence-electron chi connectivity index (χ1n) is 16.4. The molecule has 0 aromatic carbocycles. The Balaban J connectivity index is 4.62. The lowest BCUT2D eigenvalue weighted by atomic mass is 10.1. The van der Waals surface area contributed by atoms with Crippen molar-refractivity contribution in [3.8, 4) is 0 Å². The van der Waals surface area contributed by atoms with E-state index < -0.39 is 18.1 Å². The van der Waals surface area contributed by atoms with Crippen LogP contribution in [0.4, 0.5) is 0 Å². The van der Waals surface area contributed by atoms with E-state index in [1.165, 1.54) is 25.7 Å². The molecule has 0 fully saturated rings. The van der Waals surface area contributed by atoms with Crippen molar-refractivity contribution < 1.29 is 38.2 Å². The topological polar surface area (TPSA) is 99.1 Å². The van der Waals surface area contributed by atoms with Crippen LogP contribution in [0.25, 0.3) is 0 Å². The van der Waals surface area contributed by atoms with Gasteiger partial charge in [0.05, 0.1) is 34.4 Å². The largest absolute Gasteiger partial charge is 0.477 e. The van der Waals surface area contributed by atoms with Crippen LogP contribution in [0.3, 0.4) is 0 Å². The number of hydrogen-bond donors (Lipinski definition) is 1. The number of nitrogens with zero attached hydrogens (tertiary/aromatic N) is 1. The minimum Gasteiger partial charge on any atom is -0.477 e. The van der Waals surface area contributed by atoms with Crippen LogP contribution in [0.5, 0.6) is 0 Å². The number of hydrogen-bond acceptors (Lipinski definition) is 6. The molecule has 0 aliphatic carbocycles. The summed E-state index contributed by atoms with van der Waals surface area (Å²) >= 11 is 0. The molecule has 250 valence electrons. The summed E-state index contributed by atoms with van der Waals surface area (Å²) in [6.45, 7) is 4.42. The zero-order valence-corrected chi connectivity index (χ0v) is 28.1. The first-order valence-corrected chi connectivity index (χ1v) is 16.4. The van der Waals surface area contributed by atoms with Gasteiger partial charge in [0.2, 0.25) is 0 Å². The van der Waals surface area contributed by atoms with Gasteiger partial charge in [-0.15, -0.1) is 0 Å². The highest BCUT2D eigenvalue weighted by atomic mass is 16.6. The van der Waals surface area contributed by atoms with E-state index in [0.717, 1.165) is 32.1 Å². The lowest BCUT2D eigenvalue weighted by molar-refractivity contribution is -0.887. The van der Waals surface area contributed by atoms with Gasteiger partial charge in [-0.05, 0) is 25.7 Å². The van der Waals surface area contributed by atoms with Gasteiger partial charge < -0.3 is 23.8 Å². The third-order valence-corrected chi connectivity index (χ3v) is 6.81. The Bertz CT molecular complexity index is 912. The van der Waals surface area contributed by atoms with Gasteiger partial charge in [-0.2, -0.15) is 0 Å². The van der Waals surface area contributed by atoms with E-state index in [1.54, 1.807) is 0 Å². The van der Waals surface area contributed by atoms with E-state index in [2.05, 4.69) is 19.9 Å². The Morgan fingerprint density at radius 1 is 0.705 bits per heavy atom. The van der Waals surface area contributed by atoms with E-state index in [9.17, 15) is 19.5 Å². The maximum atomic E-state index is 12.5. The maximum absolute atomic E-state index is 12.5. The number of aliphatic carboxylic acids is 1. The van der Waals surface area contributed by atoms with Crippen molar-refractivity contribution in [2.75, 3.05) is 41.0 Å². The highest BCUT2D eigenvalue weighted by Gasteiger charge is 2.31. The predicted octanol–water partition coefficient (Wildman–Crippen LogP) is 7.51. The van der Waals surface area contributed by atoms with Gasteiger partial charge in [-0.3, -0.25) is 9.59 Å². The fourth-order valence-corrected chi connectivity index (χ4v) is 4.24. The first-order chi connectivity index (χ1) is 21.1. The van der Waals surface area contributed by atoms with Gasteiger partial charge in [-0.1, -0.05) is 113 Å². The number of carboxylic acid groups (broad SMARTS) is 1. The van der Waals surface area contributed by atoms with Crippen LogP contribution in [0.2, 0.25) is 0 Å². The molecular formula is C36H60NO7+. The molecule has 8 heteroatoms. The lowest BCUT2D eigenvalue weighted by Crippen LogP contribution is -2.50. The Morgan fingerprint density at radius 2 is 1.27 bits per heavy atom. The van der Waals surface area contributed by atoms with Crippen molar-refractivity contribution in [1.82, 2.24) is 0 Å². The Labute approximate surface area is 267 Å². The number of rotatable bonds is 27. The molecule has 1 N–H and O–H groups in total. The van der Waals surface area contributed by atoms with E-state index in [4.69, 9.17) is 14.2 Å². The van der Waals surface area contributed by atoms with Gasteiger partial charge in [0.15, 0.2) is 12.1 Å². The monoisotopic (exact) mass is 618 g/mol. The summed E-state index contributed by atoms with van der Waals surface area (Å²) in [5, 5.41) is 9.53. The number of likely N-dealkylation sites (N-methyl/N-ethyl adjacent to an activating group) is 1. The molecule has 0 saturated carbocycles. The molecule has 2 unspecified atom stereocenters. The number of carbonyl (C=O) groups is 3. The third-order valence-electron chi connectivity index (χ3n) is 6.81. The lowest BCUT2D eigenvalue weighted by Gasteiger charge is -2.31. The van der Waals surface area contributed by atoms with E-state index in [1.807, 2.05) is 75.8 Å². The minimum atomic E-state index is -0.890. The van der Waals surface area contributed by atoms with Crippen LogP contribution in [0.15, 0.2) is 60.8 Å². The highest BCUT2D eigenvalue weighted by molar-refractivity contribution is 5.72. The molecule has 0 amide bonds. The van der Waals surface area contributed by atoms with Crippen molar-refractivity contribution in [1.29, 1.82) is 0 Å². The number of allylic oxidation sites excluding steroid dienone is 10. The number of carboxylic acids is 1. The molecule has 2 atom stereocenters. The molecule has 0 rings (SSSR count). The van der Waals surface area contributed by atoms with Crippen LogP contribution in [0.1, 0.15) is 97.3 Å². The Hall–Kier alpha value is -2.97. The van der Waals surface area contributed by atoms with Crippen molar-refractivity contribution in [2.45, 2.75) is 109 Å². The standard InChI is InChI=1S/C36H59NO7/c1-6-8-10-12-14-15-16-17-18-19-21-22-24-26-34(38)43-31-32(30-42-29-28-33(36(40)41)37(3,4)5)44-35(39)27-25-23-20-13-11-9-7-2/h8,10,12,14-19,21,32-33H,6-7,9,11,13,20,22-31H2,1-5H3/p+1/b10-8+,14-12+,16-15+,18-17+,21-19+. The molecule has 44 heavy (non-hydrogen) atoms. The van der Waals surface area contributed by atoms with Crippen molar-refractivity contribution in [2.24, 2.45) is 0 Å². The molecule has 0 aromatic heterocycles. The molecule has 0 aliphatic heterocycles.